The molecule has 10 atom stereocenters. The summed E-state index contributed by atoms with van der Waals surface area (Å²) in [6, 6.07) is -1.66. The van der Waals surface area contributed by atoms with Gasteiger partial charge in [-0.1, -0.05) is 18.6 Å². The van der Waals surface area contributed by atoms with Crippen LogP contribution >= 0.6 is 12.4 Å². The second kappa shape index (κ2) is 14.0. The summed E-state index contributed by atoms with van der Waals surface area (Å²) in [4.78, 5) is 80.6. The van der Waals surface area contributed by atoms with Gasteiger partial charge in [-0.05, 0) is 64.5 Å². The summed E-state index contributed by atoms with van der Waals surface area (Å²) in [6.45, 7) is 4.00. The standard InChI is InChI=1S/C31H40FN3O15.ClH/c1-27(2)48-24-10-20-19-6-5-16-9-17(36)7-8-28(16,3)30(19,32)22(37)12-29(20,4)31(24,50-27)23(38)15-45-25(39)11-21(33)26(40)46-13-18(49-35(43)44)14-47-34(41)42;/h7-9,18-22,24,37H,5-6,10-15,33H2,1-4H3;1H/t18?,19?,20?,21?,22-,24+,28-,29-,30-,31+;/m0./s1. The van der Waals surface area contributed by atoms with E-state index in [0.717, 1.165) is 0 Å². The van der Waals surface area contributed by atoms with Gasteiger partial charge in [-0.3, -0.25) is 19.2 Å². The molecule has 0 aromatic rings. The molecule has 1 heterocycles. The molecule has 0 bridgehead atoms. The molecule has 0 aromatic heterocycles. The summed E-state index contributed by atoms with van der Waals surface area (Å²) in [5, 5.41) is 30.2. The Morgan fingerprint density at radius 2 is 1.80 bits per heavy atom. The van der Waals surface area contributed by atoms with Crippen LogP contribution in [0.15, 0.2) is 23.8 Å². The molecular weight excluding hydrogens is 709 g/mol. The van der Waals surface area contributed by atoms with Crippen molar-refractivity contribution in [1.29, 1.82) is 0 Å². The van der Waals surface area contributed by atoms with Crippen LogP contribution in [-0.4, -0.2) is 100 Å². The molecule has 0 aromatic carbocycles. The van der Waals surface area contributed by atoms with Crippen LogP contribution in [-0.2, 0) is 47.8 Å². The Balaban J connectivity index is 0.00000583. The molecule has 51 heavy (non-hydrogen) atoms. The number of fused-ring (bicyclic) bond motifs is 7. The molecule has 284 valence electrons. The van der Waals surface area contributed by atoms with E-state index in [1.54, 1.807) is 27.7 Å². The molecule has 4 fully saturated rings. The normalized spacial score (nSPS) is 36.8. The highest BCUT2D eigenvalue weighted by atomic mass is 35.5. The molecule has 4 unspecified atom stereocenters. The molecule has 4 aliphatic carbocycles. The Morgan fingerprint density at radius 1 is 1.12 bits per heavy atom. The van der Waals surface area contributed by atoms with Crippen molar-refractivity contribution >= 4 is 35.9 Å². The minimum Gasteiger partial charge on any atom is -0.462 e. The number of Topliss-reactive ketones (excluding diaryl/α,β-unsaturated/α-hetero) is 1. The molecule has 1 saturated heterocycles. The van der Waals surface area contributed by atoms with E-state index in [2.05, 4.69) is 9.68 Å². The van der Waals surface area contributed by atoms with Crippen LogP contribution < -0.4 is 5.73 Å². The van der Waals surface area contributed by atoms with E-state index >= 15 is 4.39 Å². The van der Waals surface area contributed by atoms with Gasteiger partial charge in [0.05, 0.1) is 18.6 Å². The van der Waals surface area contributed by atoms with Gasteiger partial charge in [0, 0.05) is 16.7 Å². The van der Waals surface area contributed by atoms with Crippen LogP contribution in [0, 0.1) is 42.9 Å². The number of aliphatic hydroxyl groups is 1. The van der Waals surface area contributed by atoms with Crippen LogP contribution in [0.1, 0.15) is 59.8 Å². The maximum Gasteiger partial charge on any atom is 0.323 e. The minimum atomic E-state index is -2.16. The fraction of sp³-hybridized carbons (Fsp3) is 0.742. The van der Waals surface area contributed by atoms with Crippen LogP contribution in [0.5, 0.6) is 0 Å². The lowest BCUT2D eigenvalue weighted by molar-refractivity contribution is -0.790. The summed E-state index contributed by atoms with van der Waals surface area (Å²) < 4.78 is 40.2. The molecule has 3 N–H and O–H groups in total. The first-order valence-electron chi connectivity index (χ1n) is 16.1. The summed E-state index contributed by atoms with van der Waals surface area (Å²) in [5.74, 6) is -5.78. The highest BCUT2D eigenvalue weighted by Crippen LogP contribution is 2.72. The average molecular weight is 750 g/mol. The predicted octanol–water partition coefficient (Wildman–Crippen LogP) is 1.44. The zero-order chi connectivity index (χ0) is 37.0. The molecular formula is C31H41ClFN3O15. The van der Waals surface area contributed by atoms with Gasteiger partial charge in [-0.25, -0.2) is 4.39 Å². The van der Waals surface area contributed by atoms with Crippen molar-refractivity contribution < 1.29 is 67.5 Å². The minimum absolute atomic E-state index is 0. The first kappa shape index (κ1) is 40.0. The number of nitrogens with two attached hydrogens (primary N) is 1. The second-order valence-electron chi connectivity index (χ2n) is 14.3. The van der Waals surface area contributed by atoms with Crippen LogP contribution in [0.2, 0.25) is 0 Å². The zero-order valence-corrected chi connectivity index (χ0v) is 29.1. The van der Waals surface area contributed by atoms with E-state index in [4.69, 9.17) is 24.7 Å². The van der Waals surface area contributed by atoms with Crippen LogP contribution in [0.3, 0.4) is 0 Å². The largest absolute Gasteiger partial charge is 0.462 e. The number of allylic oxidation sites excluding steroid dienone is 4. The van der Waals surface area contributed by atoms with Crippen molar-refractivity contribution in [2.45, 2.75) is 101 Å². The smallest absolute Gasteiger partial charge is 0.323 e. The van der Waals surface area contributed by atoms with E-state index in [-0.39, 0.29) is 31.0 Å². The number of ether oxygens (including phenoxy) is 4. The molecule has 3 saturated carbocycles. The summed E-state index contributed by atoms with van der Waals surface area (Å²) in [5.41, 5.74) is -0.0124. The van der Waals surface area contributed by atoms with Crippen molar-refractivity contribution in [1.82, 2.24) is 0 Å². The number of esters is 2. The number of alkyl halides is 1. The highest BCUT2D eigenvalue weighted by Gasteiger charge is 2.80. The van der Waals surface area contributed by atoms with Gasteiger partial charge in [0.2, 0.25) is 5.78 Å². The maximum atomic E-state index is 17.6. The topological polar surface area (TPSA) is 256 Å². The number of ketones is 2. The van der Waals surface area contributed by atoms with Crippen molar-refractivity contribution in [3.8, 4) is 0 Å². The van der Waals surface area contributed by atoms with Crippen molar-refractivity contribution in [2.75, 3.05) is 19.8 Å². The second-order valence-corrected chi connectivity index (χ2v) is 14.3. The fourth-order valence-electron chi connectivity index (χ4n) is 9.04. The number of aliphatic hydroxyl groups excluding tert-OH is 1. The van der Waals surface area contributed by atoms with Gasteiger partial charge >= 0.3 is 11.9 Å². The molecule has 20 heteroatoms. The quantitative estimate of drug-likeness (QED) is 0.153. The Bertz CT molecular complexity index is 1540. The van der Waals surface area contributed by atoms with E-state index < -0.39 is 118 Å². The number of carbonyl (C=O) groups is 4. The van der Waals surface area contributed by atoms with Crippen molar-refractivity contribution in [3.63, 3.8) is 0 Å². The average Bonchev–Trinajstić information content (AvgIpc) is 3.43. The molecule has 5 aliphatic rings. The number of hydrogen-bond donors (Lipinski definition) is 2. The third-order valence-corrected chi connectivity index (χ3v) is 11.1. The maximum absolute atomic E-state index is 17.6. The van der Waals surface area contributed by atoms with E-state index in [1.165, 1.54) is 18.2 Å². The van der Waals surface area contributed by atoms with Gasteiger partial charge in [-0.15, -0.1) is 32.6 Å². The molecule has 1 aliphatic heterocycles. The van der Waals surface area contributed by atoms with Gasteiger partial charge < -0.3 is 39.5 Å². The molecule has 0 radical (unpaired) electrons. The van der Waals surface area contributed by atoms with Crippen LogP contribution in [0.25, 0.3) is 0 Å². The third-order valence-electron chi connectivity index (χ3n) is 11.1. The lowest BCUT2D eigenvalue weighted by Crippen LogP contribution is -2.70. The first-order chi connectivity index (χ1) is 23.2. The van der Waals surface area contributed by atoms with Crippen molar-refractivity contribution in [2.24, 2.45) is 28.4 Å². The van der Waals surface area contributed by atoms with Gasteiger partial charge in [0.1, 0.15) is 19.3 Å². The Hall–Kier alpha value is -3.78. The Kier molecular flexibility index (Phi) is 11.0. The Morgan fingerprint density at radius 3 is 2.45 bits per heavy atom. The number of carbonyl (C=O) groups excluding carboxylic acids is 4. The Labute approximate surface area is 296 Å². The number of rotatable bonds is 13. The van der Waals surface area contributed by atoms with Crippen LogP contribution in [0.4, 0.5) is 4.39 Å². The van der Waals surface area contributed by atoms with Gasteiger partial charge in [-0.2, -0.15) is 0 Å². The fourth-order valence-corrected chi connectivity index (χ4v) is 9.04. The lowest BCUT2D eigenvalue weighted by atomic mass is 9.44. The first-order valence-corrected chi connectivity index (χ1v) is 16.1. The monoisotopic (exact) mass is 749 g/mol. The number of halogens is 2. The summed E-state index contributed by atoms with van der Waals surface area (Å²) >= 11 is 0. The summed E-state index contributed by atoms with van der Waals surface area (Å²) in [6.07, 6.45) is 0.100. The van der Waals surface area contributed by atoms with Gasteiger partial charge in [0.15, 0.2) is 35.6 Å². The molecule has 0 spiro atoms. The number of hydrogen-bond acceptors (Lipinski definition) is 16. The van der Waals surface area contributed by atoms with E-state index in [1.807, 2.05) is 0 Å². The SMILES string of the molecule is CC1(C)O[C@@H]2CC3C4CCC5=CC(=O)C=C[C@]5(C)[C@@]4(F)[C@@H](O)C[C@]3(C)[C@]2(C(=O)COC(=O)CC(N)C(=O)OCC(CO[N+](=O)[O-])O[N+](=O)[O-])O1.Cl. The van der Waals surface area contributed by atoms with Crippen molar-refractivity contribution in [3.05, 3.63) is 44.0 Å². The molecule has 5 rings (SSSR count). The van der Waals surface area contributed by atoms with Gasteiger partial charge in [0.25, 0.3) is 10.2 Å². The van der Waals surface area contributed by atoms with E-state index in [0.29, 0.717) is 18.4 Å². The number of nitrogens with zero attached hydrogens (tertiary/aromatic N) is 2. The molecule has 18 nitrogen and oxygen atoms in total. The predicted molar refractivity (Wildman–Crippen MR) is 168 cm³/mol. The highest BCUT2D eigenvalue weighted by molar-refractivity contribution is 6.01. The third kappa shape index (κ3) is 6.69. The lowest BCUT2D eigenvalue weighted by Gasteiger charge is -2.62. The molecule has 0 amide bonds. The zero-order valence-electron chi connectivity index (χ0n) is 28.3. The van der Waals surface area contributed by atoms with E-state index in [9.17, 15) is 44.5 Å². The summed E-state index contributed by atoms with van der Waals surface area (Å²) in [7, 11) is 0.